The molecular formula is C12H16N4O. The van der Waals surface area contributed by atoms with Gasteiger partial charge in [0.15, 0.2) is 0 Å². The van der Waals surface area contributed by atoms with Crippen molar-refractivity contribution in [1.82, 2.24) is 9.88 Å². The number of hydrogen-bond acceptors (Lipinski definition) is 4. The van der Waals surface area contributed by atoms with Crippen LogP contribution in [0, 0.1) is 17.2 Å². The molecule has 0 radical (unpaired) electrons. The van der Waals surface area contributed by atoms with Crippen molar-refractivity contribution in [2.75, 3.05) is 18.8 Å². The molecule has 0 fully saturated rings. The highest BCUT2D eigenvalue weighted by Gasteiger charge is 2.17. The van der Waals surface area contributed by atoms with E-state index in [-0.39, 0.29) is 11.8 Å². The highest BCUT2D eigenvalue weighted by molar-refractivity contribution is 5.92. The quantitative estimate of drug-likeness (QED) is 0.847. The van der Waals surface area contributed by atoms with Crippen molar-refractivity contribution in [3.63, 3.8) is 0 Å². The van der Waals surface area contributed by atoms with Gasteiger partial charge in [0.1, 0.15) is 5.69 Å². The van der Waals surface area contributed by atoms with Crippen molar-refractivity contribution >= 4 is 11.6 Å². The molecule has 0 aliphatic heterocycles. The lowest BCUT2D eigenvalue weighted by Gasteiger charge is -2.21. The summed E-state index contributed by atoms with van der Waals surface area (Å²) in [5.74, 6) is -0.359. The van der Waals surface area contributed by atoms with E-state index in [1.807, 2.05) is 6.92 Å². The van der Waals surface area contributed by atoms with Crippen LogP contribution in [0.25, 0.3) is 0 Å². The van der Waals surface area contributed by atoms with Gasteiger partial charge >= 0.3 is 0 Å². The first-order valence-electron chi connectivity index (χ1n) is 5.49. The molecule has 2 N–H and O–H groups in total. The zero-order valence-corrected chi connectivity index (χ0v) is 10.1. The summed E-state index contributed by atoms with van der Waals surface area (Å²) in [6.07, 6.45) is 1.45. The van der Waals surface area contributed by atoms with Gasteiger partial charge in [0.05, 0.1) is 23.9 Å². The molecule has 17 heavy (non-hydrogen) atoms. The molecule has 0 spiro atoms. The average Bonchev–Trinajstić information content (AvgIpc) is 2.35. The van der Waals surface area contributed by atoms with Crippen LogP contribution >= 0.6 is 0 Å². The molecule has 1 heterocycles. The van der Waals surface area contributed by atoms with Crippen LogP contribution in [0.4, 0.5) is 5.69 Å². The molecule has 0 aromatic carbocycles. The Labute approximate surface area is 101 Å². The Morgan fingerprint density at radius 2 is 2.35 bits per heavy atom. The SMILES string of the molecule is CCN(CC(C)C#N)C(=O)c1ccc(N)cn1. The summed E-state index contributed by atoms with van der Waals surface area (Å²) in [6.45, 7) is 4.63. The minimum atomic E-state index is -0.187. The lowest BCUT2D eigenvalue weighted by atomic mass is 10.2. The number of carbonyl (C=O) groups is 1. The highest BCUT2D eigenvalue weighted by atomic mass is 16.2. The first-order valence-corrected chi connectivity index (χ1v) is 5.49. The van der Waals surface area contributed by atoms with E-state index in [0.29, 0.717) is 24.5 Å². The third-order valence-corrected chi connectivity index (χ3v) is 2.39. The van der Waals surface area contributed by atoms with Gasteiger partial charge in [-0.2, -0.15) is 5.26 Å². The summed E-state index contributed by atoms with van der Waals surface area (Å²) in [5.41, 5.74) is 6.38. The van der Waals surface area contributed by atoms with Gasteiger partial charge in [-0.05, 0) is 26.0 Å². The van der Waals surface area contributed by atoms with E-state index in [4.69, 9.17) is 11.0 Å². The Kier molecular flexibility index (Phi) is 4.46. The van der Waals surface area contributed by atoms with Crippen LogP contribution in [0.1, 0.15) is 24.3 Å². The molecule has 1 amide bonds. The van der Waals surface area contributed by atoms with Gasteiger partial charge in [-0.1, -0.05) is 0 Å². The van der Waals surface area contributed by atoms with Crippen molar-refractivity contribution in [2.45, 2.75) is 13.8 Å². The Morgan fingerprint density at radius 1 is 1.65 bits per heavy atom. The van der Waals surface area contributed by atoms with Crippen LogP contribution in [-0.4, -0.2) is 28.9 Å². The minimum absolute atomic E-state index is 0.172. The van der Waals surface area contributed by atoms with E-state index in [1.54, 1.807) is 24.0 Å². The maximum atomic E-state index is 12.1. The van der Waals surface area contributed by atoms with Crippen molar-refractivity contribution in [2.24, 2.45) is 5.92 Å². The van der Waals surface area contributed by atoms with E-state index in [0.717, 1.165) is 0 Å². The molecule has 1 atom stereocenters. The topological polar surface area (TPSA) is 83.0 Å². The van der Waals surface area contributed by atoms with Gasteiger partial charge in [-0.25, -0.2) is 4.98 Å². The van der Waals surface area contributed by atoms with Gasteiger partial charge in [0, 0.05) is 13.1 Å². The van der Waals surface area contributed by atoms with Crippen LogP contribution in [-0.2, 0) is 0 Å². The maximum Gasteiger partial charge on any atom is 0.272 e. The molecule has 5 nitrogen and oxygen atoms in total. The molecule has 0 saturated carbocycles. The maximum absolute atomic E-state index is 12.1. The smallest absolute Gasteiger partial charge is 0.272 e. The normalized spacial score (nSPS) is 11.6. The summed E-state index contributed by atoms with van der Waals surface area (Å²) >= 11 is 0. The van der Waals surface area contributed by atoms with Gasteiger partial charge in [0.2, 0.25) is 0 Å². The predicted molar refractivity (Wildman–Crippen MR) is 65.0 cm³/mol. The third-order valence-electron chi connectivity index (χ3n) is 2.39. The lowest BCUT2D eigenvalue weighted by molar-refractivity contribution is 0.0747. The zero-order chi connectivity index (χ0) is 12.8. The van der Waals surface area contributed by atoms with Gasteiger partial charge in [0.25, 0.3) is 5.91 Å². The summed E-state index contributed by atoms with van der Waals surface area (Å²) < 4.78 is 0. The summed E-state index contributed by atoms with van der Waals surface area (Å²) in [4.78, 5) is 17.6. The first-order chi connectivity index (χ1) is 8.08. The summed E-state index contributed by atoms with van der Waals surface area (Å²) in [7, 11) is 0. The summed E-state index contributed by atoms with van der Waals surface area (Å²) in [6, 6.07) is 5.35. The standard InChI is InChI=1S/C12H16N4O/c1-3-16(8-9(2)6-13)12(17)11-5-4-10(14)7-15-11/h4-5,7,9H,3,8,14H2,1-2H3. The van der Waals surface area contributed by atoms with Crippen molar-refractivity contribution in [1.29, 1.82) is 5.26 Å². The van der Waals surface area contributed by atoms with Crippen molar-refractivity contribution in [3.05, 3.63) is 24.0 Å². The molecule has 0 saturated heterocycles. The van der Waals surface area contributed by atoms with Crippen LogP contribution in [0.2, 0.25) is 0 Å². The molecule has 1 aromatic heterocycles. The zero-order valence-electron chi connectivity index (χ0n) is 10.1. The number of nitrogens with two attached hydrogens (primary N) is 1. The Morgan fingerprint density at radius 3 is 2.82 bits per heavy atom. The molecule has 1 unspecified atom stereocenters. The fraction of sp³-hybridized carbons (Fsp3) is 0.417. The summed E-state index contributed by atoms with van der Waals surface area (Å²) in [5, 5.41) is 8.75. The molecule has 1 aromatic rings. The Hall–Kier alpha value is -2.09. The van der Waals surface area contributed by atoms with E-state index >= 15 is 0 Å². The van der Waals surface area contributed by atoms with Gasteiger partial charge < -0.3 is 10.6 Å². The predicted octanol–water partition coefficient (Wildman–Crippen LogP) is 1.29. The number of pyridine rings is 1. The van der Waals surface area contributed by atoms with Gasteiger partial charge in [-0.3, -0.25) is 4.79 Å². The second-order valence-electron chi connectivity index (χ2n) is 3.85. The van der Waals surface area contributed by atoms with E-state index in [2.05, 4.69) is 11.1 Å². The Bertz CT molecular complexity index is 421. The average molecular weight is 232 g/mol. The molecule has 0 aliphatic rings. The number of nitrogen functional groups attached to an aromatic ring is 1. The van der Waals surface area contributed by atoms with Crippen LogP contribution in [0.3, 0.4) is 0 Å². The highest BCUT2D eigenvalue weighted by Crippen LogP contribution is 2.07. The molecule has 0 bridgehead atoms. The Balaban J connectivity index is 2.79. The molecule has 1 rings (SSSR count). The number of nitriles is 1. The monoisotopic (exact) mass is 232 g/mol. The number of nitrogens with zero attached hydrogens (tertiary/aromatic N) is 3. The number of hydrogen-bond donors (Lipinski definition) is 1. The molecule has 5 heteroatoms. The number of anilines is 1. The fourth-order valence-corrected chi connectivity index (χ4v) is 1.42. The third kappa shape index (κ3) is 3.45. The number of amides is 1. The molecular weight excluding hydrogens is 216 g/mol. The van der Waals surface area contributed by atoms with Crippen molar-refractivity contribution in [3.8, 4) is 6.07 Å². The number of rotatable bonds is 4. The lowest BCUT2D eigenvalue weighted by Crippen LogP contribution is -2.34. The largest absolute Gasteiger partial charge is 0.397 e. The van der Waals surface area contributed by atoms with Crippen LogP contribution in [0.5, 0.6) is 0 Å². The second kappa shape index (κ2) is 5.85. The second-order valence-corrected chi connectivity index (χ2v) is 3.85. The van der Waals surface area contributed by atoms with E-state index < -0.39 is 0 Å². The number of aromatic nitrogens is 1. The first kappa shape index (κ1) is 13.0. The molecule has 90 valence electrons. The number of carbonyl (C=O) groups excluding carboxylic acids is 1. The fourth-order valence-electron chi connectivity index (χ4n) is 1.42. The van der Waals surface area contributed by atoms with E-state index in [1.165, 1.54) is 6.20 Å². The van der Waals surface area contributed by atoms with Gasteiger partial charge in [-0.15, -0.1) is 0 Å². The van der Waals surface area contributed by atoms with Crippen molar-refractivity contribution < 1.29 is 4.79 Å². The minimum Gasteiger partial charge on any atom is -0.397 e. The van der Waals surface area contributed by atoms with Crippen LogP contribution in [0.15, 0.2) is 18.3 Å². The van der Waals surface area contributed by atoms with Crippen LogP contribution < -0.4 is 5.73 Å². The van der Waals surface area contributed by atoms with E-state index in [9.17, 15) is 4.79 Å². The molecule has 0 aliphatic carbocycles.